The van der Waals surface area contributed by atoms with E-state index in [0.717, 1.165) is 33.4 Å². The number of para-hydroxylation sites is 1. The molecule has 7 heteroatoms. The van der Waals surface area contributed by atoms with Gasteiger partial charge in [0.2, 0.25) is 5.91 Å². The van der Waals surface area contributed by atoms with E-state index in [1.54, 1.807) is 0 Å². The van der Waals surface area contributed by atoms with E-state index in [4.69, 9.17) is 11.6 Å². The maximum atomic E-state index is 13.7. The predicted octanol–water partition coefficient (Wildman–Crippen LogP) is 6.52. The fourth-order valence-corrected chi connectivity index (χ4v) is 5.48. The van der Waals surface area contributed by atoms with Gasteiger partial charge in [-0.05, 0) is 69.4 Å². The summed E-state index contributed by atoms with van der Waals surface area (Å²) >= 11 is 9.65. The van der Waals surface area contributed by atoms with Crippen LogP contribution in [0.4, 0.5) is 5.82 Å². The van der Waals surface area contributed by atoms with Crippen LogP contribution in [0.2, 0.25) is 5.02 Å². The number of fused-ring (bicyclic) bond motifs is 1. The highest BCUT2D eigenvalue weighted by atomic mass is 79.9. The molecule has 3 aromatic rings. The molecule has 5 nitrogen and oxygen atoms in total. The minimum absolute atomic E-state index is 0.0459. The van der Waals surface area contributed by atoms with Crippen LogP contribution in [0.3, 0.4) is 0 Å². The summed E-state index contributed by atoms with van der Waals surface area (Å²) in [6, 6.07) is 13.7. The third kappa shape index (κ3) is 5.02. The summed E-state index contributed by atoms with van der Waals surface area (Å²) in [5.41, 5.74) is 2.07. The van der Waals surface area contributed by atoms with E-state index in [1.807, 2.05) is 35.2 Å². The van der Waals surface area contributed by atoms with E-state index in [-0.39, 0.29) is 23.3 Å². The van der Waals surface area contributed by atoms with Gasteiger partial charge in [0.25, 0.3) is 0 Å². The first-order chi connectivity index (χ1) is 15.7. The number of anilines is 1. The number of hydrogen-bond acceptors (Lipinski definition) is 4. The number of nitrogens with one attached hydrogen (secondary N) is 1. The second kappa shape index (κ2) is 9.59. The predicted molar refractivity (Wildman–Crippen MR) is 139 cm³/mol. The second-order valence-corrected chi connectivity index (χ2v) is 11.2. The van der Waals surface area contributed by atoms with Crippen molar-refractivity contribution in [2.45, 2.75) is 46.1 Å². The zero-order chi connectivity index (χ0) is 23.8. The molecule has 1 aromatic heterocycles. The number of nitrogens with zero attached hydrogens (tertiary/aromatic N) is 3. The Morgan fingerprint density at radius 2 is 1.91 bits per heavy atom. The van der Waals surface area contributed by atoms with Gasteiger partial charge in [0.05, 0.1) is 5.52 Å². The van der Waals surface area contributed by atoms with Crippen LogP contribution < -0.4 is 5.32 Å². The maximum absolute atomic E-state index is 13.7. The lowest BCUT2D eigenvalue weighted by Gasteiger charge is -2.46. The molecule has 33 heavy (non-hydrogen) atoms. The Kier molecular flexibility index (Phi) is 6.96. The number of amides is 1. The highest BCUT2D eigenvalue weighted by Gasteiger charge is 2.40. The topological polar surface area (TPSA) is 58.1 Å². The molecule has 2 atom stereocenters. The third-order valence-corrected chi connectivity index (χ3v) is 7.55. The SMILES string of the molecule is CC(C)[C@@H](Nc1ncnc2c(Br)cccc12)C(=O)N1CCC(c2ccc(Cl)cc2)C(C)(C)C1. The summed E-state index contributed by atoms with van der Waals surface area (Å²) in [5.74, 6) is 1.29. The van der Waals surface area contributed by atoms with Gasteiger partial charge in [-0.2, -0.15) is 0 Å². The normalized spacial score (nSPS) is 19.0. The Labute approximate surface area is 209 Å². The van der Waals surface area contributed by atoms with Gasteiger partial charge in [0.1, 0.15) is 18.2 Å². The molecule has 1 aliphatic heterocycles. The van der Waals surface area contributed by atoms with Gasteiger partial charge < -0.3 is 10.2 Å². The molecule has 1 amide bonds. The molecule has 1 fully saturated rings. The van der Waals surface area contributed by atoms with Crippen molar-refractivity contribution in [1.82, 2.24) is 14.9 Å². The van der Waals surface area contributed by atoms with Crippen LogP contribution in [0.1, 0.15) is 45.6 Å². The molecular formula is C26H30BrClN4O. The quantitative estimate of drug-likeness (QED) is 0.408. The van der Waals surface area contributed by atoms with Crippen LogP contribution in [0.15, 0.2) is 53.3 Å². The van der Waals surface area contributed by atoms with Crippen molar-refractivity contribution in [3.05, 3.63) is 63.9 Å². The van der Waals surface area contributed by atoms with Gasteiger partial charge in [-0.25, -0.2) is 9.97 Å². The molecule has 1 N–H and O–H groups in total. The smallest absolute Gasteiger partial charge is 0.245 e. The van der Waals surface area contributed by atoms with Gasteiger partial charge in [0.15, 0.2) is 0 Å². The average Bonchev–Trinajstić information content (AvgIpc) is 2.77. The average molecular weight is 530 g/mol. The Morgan fingerprint density at radius 3 is 2.58 bits per heavy atom. The van der Waals surface area contributed by atoms with Crippen LogP contribution in [0, 0.1) is 11.3 Å². The largest absolute Gasteiger partial charge is 0.358 e. The summed E-state index contributed by atoms with van der Waals surface area (Å²) in [6.45, 7) is 10.1. The monoisotopic (exact) mass is 528 g/mol. The van der Waals surface area contributed by atoms with Crippen LogP contribution >= 0.6 is 27.5 Å². The van der Waals surface area contributed by atoms with E-state index >= 15 is 0 Å². The van der Waals surface area contributed by atoms with Crippen molar-refractivity contribution in [2.75, 3.05) is 18.4 Å². The first kappa shape index (κ1) is 24.0. The molecule has 0 saturated carbocycles. The second-order valence-electron chi connectivity index (χ2n) is 9.87. The lowest BCUT2D eigenvalue weighted by molar-refractivity contribution is -0.136. The molecule has 2 aromatic carbocycles. The summed E-state index contributed by atoms with van der Waals surface area (Å²) in [7, 11) is 0. The van der Waals surface area contributed by atoms with Gasteiger partial charge in [-0.1, -0.05) is 57.5 Å². The van der Waals surface area contributed by atoms with Crippen molar-refractivity contribution in [2.24, 2.45) is 11.3 Å². The van der Waals surface area contributed by atoms with Gasteiger partial charge in [0, 0.05) is 28.0 Å². The Morgan fingerprint density at radius 1 is 1.18 bits per heavy atom. The van der Waals surface area contributed by atoms with Crippen LogP contribution in [-0.2, 0) is 4.79 Å². The maximum Gasteiger partial charge on any atom is 0.245 e. The third-order valence-electron chi connectivity index (χ3n) is 6.65. The molecule has 0 radical (unpaired) electrons. The summed E-state index contributed by atoms with van der Waals surface area (Å²) < 4.78 is 0.906. The number of hydrogen-bond donors (Lipinski definition) is 1. The van der Waals surface area contributed by atoms with E-state index in [1.165, 1.54) is 11.9 Å². The first-order valence-corrected chi connectivity index (χ1v) is 12.5. The molecular weight excluding hydrogens is 500 g/mol. The Bertz CT molecular complexity index is 1150. The molecule has 0 aliphatic carbocycles. The molecule has 0 spiro atoms. The zero-order valence-electron chi connectivity index (χ0n) is 19.5. The lowest BCUT2D eigenvalue weighted by atomic mass is 9.70. The summed E-state index contributed by atoms with van der Waals surface area (Å²) in [4.78, 5) is 24.6. The van der Waals surface area contributed by atoms with Crippen molar-refractivity contribution in [3.63, 3.8) is 0 Å². The minimum atomic E-state index is -0.370. The van der Waals surface area contributed by atoms with Crippen LogP contribution in [0.25, 0.3) is 10.9 Å². The lowest BCUT2D eigenvalue weighted by Crippen LogP contribution is -2.53. The number of halogens is 2. The van der Waals surface area contributed by atoms with Crippen molar-refractivity contribution >= 4 is 50.2 Å². The van der Waals surface area contributed by atoms with Gasteiger partial charge in [-0.3, -0.25) is 4.79 Å². The Hall–Kier alpha value is -2.18. The Balaban J connectivity index is 1.55. The molecule has 1 unspecified atom stereocenters. The van der Waals surface area contributed by atoms with E-state index in [9.17, 15) is 4.79 Å². The van der Waals surface area contributed by atoms with Gasteiger partial charge in [-0.15, -0.1) is 0 Å². The molecule has 4 rings (SSSR count). The number of carbonyl (C=O) groups is 1. The fourth-order valence-electron chi connectivity index (χ4n) is 4.88. The minimum Gasteiger partial charge on any atom is -0.358 e. The number of aromatic nitrogens is 2. The number of rotatable bonds is 5. The number of likely N-dealkylation sites (tertiary alicyclic amines) is 1. The molecule has 1 saturated heterocycles. The summed E-state index contributed by atoms with van der Waals surface area (Å²) in [5, 5.41) is 5.09. The summed E-state index contributed by atoms with van der Waals surface area (Å²) in [6.07, 6.45) is 2.46. The molecule has 2 heterocycles. The van der Waals surface area contributed by atoms with E-state index in [2.05, 4.69) is 71.0 Å². The van der Waals surface area contributed by atoms with E-state index in [0.29, 0.717) is 18.3 Å². The highest BCUT2D eigenvalue weighted by Crippen LogP contribution is 2.42. The van der Waals surface area contributed by atoms with Crippen LogP contribution in [0.5, 0.6) is 0 Å². The van der Waals surface area contributed by atoms with Crippen molar-refractivity contribution in [3.8, 4) is 0 Å². The molecule has 0 bridgehead atoms. The van der Waals surface area contributed by atoms with E-state index < -0.39 is 0 Å². The number of piperidine rings is 1. The van der Waals surface area contributed by atoms with Gasteiger partial charge >= 0.3 is 0 Å². The fraction of sp³-hybridized carbons (Fsp3) is 0.423. The highest BCUT2D eigenvalue weighted by molar-refractivity contribution is 9.10. The number of benzene rings is 2. The van der Waals surface area contributed by atoms with Crippen molar-refractivity contribution in [1.29, 1.82) is 0 Å². The molecule has 174 valence electrons. The van der Waals surface area contributed by atoms with Crippen molar-refractivity contribution < 1.29 is 4.79 Å². The number of carbonyl (C=O) groups excluding carboxylic acids is 1. The molecule has 1 aliphatic rings. The zero-order valence-corrected chi connectivity index (χ0v) is 21.8. The van der Waals surface area contributed by atoms with Crippen LogP contribution in [-0.4, -0.2) is 39.9 Å². The standard InChI is InChI=1S/C26H30BrClN4O/c1-16(2)22(31-24-19-6-5-7-21(27)23(19)29-15-30-24)25(33)32-13-12-20(26(3,4)14-32)17-8-10-18(28)11-9-17/h5-11,15-16,20,22H,12-14H2,1-4H3,(H,29,30,31)/t20?,22-/m1/s1. The first-order valence-electron chi connectivity index (χ1n) is 11.4.